The molecule has 2 nitrogen and oxygen atoms in total. The van der Waals surface area contributed by atoms with Crippen LogP contribution in [-0.2, 0) is 0 Å². The first-order chi connectivity index (χ1) is 7.50. The molecular weight excluding hydrogens is 196 g/mol. The predicted octanol–water partition coefficient (Wildman–Crippen LogP) is 3.26. The fourth-order valence-corrected chi connectivity index (χ4v) is 2.11. The van der Waals surface area contributed by atoms with Gasteiger partial charge in [-0.25, -0.2) is 0 Å². The summed E-state index contributed by atoms with van der Waals surface area (Å²) < 4.78 is 0. The Labute approximate surface area is 103 Å². The number of rotatable bonds is 9. The van der Waals surface area contributed by atoms with E-state index in [1.165, 1.54) is 32.4 Å². The van der Waals surface area contributed by atoms with Crippen molar-refractivity contribution in [1.29, 1.82) is 0 Å². The molecule has 1 atom stereocenters. The van der Waals surface area contributed by atoms with Gasteiger partial charge in [0.15, 0.2) is 0 Å². The molecule has 0 saturated carbocycles. The van der Waals surface area contributed by atoms with E-state index >= 15 is 0 Å². The van der Waals surface area contributed by atoms with Gasteiger partial charge < -0.3 is 5.73 Å². The number of nitrogens with two attached hydrogens (primary N) is 1. The lowest BCUT2D eigenvalue weighted by Crippen LogP contribution is -2.51. The van der Waals surface area contributed by atoms with Crippen LogP contribution < -0.4 is 5.73 Å². The maximum atomic E-state index is 5.94. The van der Waals surface area contributed by atoms with Gasteiger partial charge in [-0.15, -0.1) is 0 Å². The van der Waals surface area contributed by atoms with Gasteiger partial charge in [-0.3, -0.25) is 4.90 Å². The Balaban J connectivity index is 4.24. The van der Waals surface area contributed by atoms with Crippen LogP contribution in [0.2, 0.25) is 0 Å². The molecular formula is C14H32N2. The summed E-state index contributed by atoms with van der Waals surface area (Å²) in [4.78, 5) is 2.59. The molecule has 0 radical (unpaired) electrons. The van der Waals surface area contributed by atoms with E-state index in [2.05, 4.69) is 39.5 Å². The van der Waals surface area contributed by atoms with Gasteiger partial charge in [-0.05, 0) is 51.6 Å². The van der Waals surface area contributed by atoms with Crippen molar-refractivity contribution in [2.24, 2.45) is 11.7 Å². The molecule has 0 rings (SSSR count). The number of hydrogen-bond acceptors (Lipinski definition) is 2. The van der Waals surface area contributed by atoms with Crippen LogP contribution in [0.5, 0.6) is 0 Å². The summed E-state index contributed by atoms with van der Waals surface area (Å²) in [5, 5.41) is 0. The lowest BCUT2D eigenvalue weighted by Gasteiger charge is -2.40. The third-order valence-corrected chi connectivity index (χ3v) is 3.67. The third-order valence-electron chi connectivity index (χ3n) is 3.67. The number of nitrogens with zero attached hydrogens (tertiary/aromatic N) is 1. The van der Waals surface area contributed by atoms with Crippen molar-refractivity contribution in [2.45, 2.75) is 65.8 Å². The fraction of sp³-hybridized carbons (Fsp3) is 1.00. The van der Waals surface area contributed by atoms with E-state index in [-0.39, 0.29) is 5.54 Å². The minimum absolute atomic E-state index is 0.201. The molecule has 0 saturated heterocycles. The van der Waals surface area contributed by atoms with Gasteiger partial charge in [-0.1, -0.05) is 27.7 Å². The molecule has 0 amide bonds. The zero-order valence-electron chi connectivity index (χ0n) is 12.1. The van der Waals surface area contributed by atoms with Gasteiger partial charge in [0.25, 0.3) is 0 Å². The Morgan fingerprint density at radius 1 is 1.19 bits per heavy atom. The summed E-state index contributed by atoms with van der Waals surface area (Å²) in [7, 11) is 0. The van der Waals surface area contributed by atoms with Crippen LogP contribution in [0.3, 0.4) is 0 Å². The van der Waals surface area contributed by atoms with Crippen molar-refractivity contribution >= 4 is 0 Å². The lowest BCUT2D eigenvalue weighted by molar-refractivity contribution is 0.102. The van der Waals surface area contributed by atoms with Gasteiger partial charge in [0.1, 0.15) is 0 Å². The predicted molar refractivity (Wildman–Crippen MR) is 73.7 cm³/mol. The van der Waals surface area contributed by atoms with E-state index in [1.54, 1.807) is 0 Å². The van der Waals surface area contributed by atoms with Crippen LogP contribution in [0.1, 0.15) is 60.3 Å². The van der Waals surface area contributed by atoms with Crippen molar-refractivity contribution in [3.05, 3.63) is 0 Å². The molecule has 0 spiro atoms. The first-order valence-electron chi connectivity index (χ1n) is 6.95. The van der Waals surface area contributed by atoms with Gasteiger partial charge in [-0.2, -0.15) is 0 Å². The smallest absolute Gasteiger partial charge is 0.0300 e. The molecule has 0 bridgehead atoms. The highest BCUT2D eigenvalue weighted by Gasteiger charge is 2.27. The minimum Gasteiger partial charge on any atom is -0.329 e. The van der Waals surface area contributed by atoms with Crippen LogP contribution >= 0.6 is 0 Å². The van der Waals surface area contributed by atoms with E-state index in [1.807, 2.05) is 0 Å². The van der Waals surface area contributed by atoms with Crippen molar-refractivity contribution in [3.8, 4) is 0 Å². The van der Waals surface area contributed by atoms with Gasteiger partial charge in [0.2, 0.25) is 0 Å². The molecule has 0 aromatic heterocycles. The van der Waals surface area contributed by atoms with E-state index < -0.39 is 0 Å². The highest BCUT2D eigenvalue weighted by Crippen LogP contribution is 2.19. The monoisotopic (exact) mass is 228 g/mol. The van der Waals surface area contributed by atoms with E-state index in [9.17, 15) is 0 Å². The third kappa shape index (κ3) is 5.31. The van der Waals surface area contributed by atoms with Gasteiger partial charge in [0.05, 0.1) is 0 Å². The van der Waals surface area contributed by atoms with Crippen molar-refractivity contribution in [1.82, 2.24) is 4.90 Å². The molecule has 0 aliphatic heterocycles. The second-order valence-electron chi connectivity index (χ2n) is 5.58. The maximum absolute atomic E-state index is 5.94. The van der Waals surface area contributed by atoms with Crippen molar-refractivity contribution in [2.75, 3.05) is 19.6 Å². The van der Waals surface area contributed by atoms with Crippen LogP contribution in [0, 0.1) is 5.92 Å². The summed E-state index contributed by atoms with van der Waals surface area (Å²) in [6.45, 7) is 14.6. The summed E-state index contributed by atoms with van der Waals surface area (Å²) in [5.74, 6) is 0.814. The normalized spacial score (nSPS) is 15.8. The molecule has 0 aliphatic carbocycles. The van der Waals surface area contributed by atoms with Crippen LogP contribution in [0.25, 0.3) is 0 Å². The standard InChI is InChI=1S/C14H32N2/c1-6-10-16(11-8-9-13(3)4)14(5,7-2)12-15/h13H,6-12,15H2,1-5H3. The molecule has 0 aromatic rings. The maximum Gasteiger partial charge on any atom is 0.0300 e. The Morgan fingerprint density at radius 2 is 1.81 bits per heavy atom. The van der Waals surface area contributed by atoms with E-state index in [4.69, 9.17) is 5.73 Å². The molecule has 2 N–H and O–H groups in total. The molecule has 0 aliphatic rings. The zero-order valence-corrected chi connectivity index (χ0v) is 12.1. The van der Waals surface area contributed by atoms with Gasteiger partial charge >= 0.3 is 0 Å². The molecule has 0 aromatic carbocycles. The Kier molecular flexibility index (Phi) is 8.04. The SMILES string of the molecule is CCCN(CCCC(C)C)C(C)(CC)CN. The quantitative estimate of drug-likeness (QED) is 0.656. The zero-order chi connectivity index (χ0) is 12.6. The molecule has 0 heterocycles. The second-order valence-corrected chi connectivity index (χ2v) is 5.58. The Morgan fingerprint density at radius 3 is 2.19 bits per heavy atom. The highest BCUT2D eigenvalue weighted by atomic mass is 15.2. The molecule has 1 unspecified atom stereocenters. The molecule has 98 valence electrons. The average Bonchev–Trinajstić information content (AvgIpc) is 2.26. The highest BCUT2D eigenvalue weighted by molar-refractivity contribution is 4.85. The first kappa shape index (κ1) is 15.9. The van der Waals surface area contributed by atoms with Crippen molar-refractivity contribution < 1.29 is 0 Å². The Bertz CT molecular complexity index is 162. The second kappa shape index (κ2) is 8.08. The van der Waals surface area contributed by atoms with Crippen molar-refractivity contribution in [3.63, 3.8) is 0 Å². The fourth-order valence-electron chi connectivity index (χ4n) is 2.11. The topological polar surface area (TPSA) is 29.3 Å². The minimum atomic E-state index is 0.201. The molecule has 16 heavy (non-hydrogen) atoms. The average molecular weight is 228 g/mol. The molecule has 0 fully saturated rings. The van der Waals surface area contributed by atoms with Crippen LogP contribution in [0.4, 0.5) is 0 Å². The summed E-state index contributed by atoms with van der Waals surface area (Å²) >= 11 is 0. The summed E-state index contributed by atoms with van der Waals surface area (Å²) in [5.41, 5.74) is 6.14. The lowest BCUT2D eigenvalue weighted by atomic mass is 9.95. The molecule has 2 heteroatoms. The largest absolute Gasteiger partial charge is 0.329 e. The first-order valence-corrected chi connectivity index (χ1v) is 6.95. The summed E-state index contributed by atoms with van der Waals surface area (Å²) in [6, 6.07) is 0. The Hall–Kier alpha value is -0.0800. The number of hydrogen-bond donors (Lipinski definition) is 1. The van der Waals surface area contributed by atoms with E-state index in [0.717, 1.165) is 18.9 Å². The van der Waals surface area contributed by atoms with Crippen LogP contribution in [0.15, 0.2) is 0 Å². The van der Waals surface area contributed by atoms with E-state index in [0.29, 0.717) is 0 Å². The summed E-state index contributed by atoms with van der Waals surface area (Å²) in [6.07, 6.45) is 4.99. The van der Waals surface area contributed by atoms with Gasteiger partial charge in [0, 0.05) is 12.1 Å². The van der Waals surface area contributed by atoms with Crippen LogP contribution in [-0.4, -0.2) is 30.1 Å².